The molecule has 1 aromatic carbocycles. The molecule has 0 aliphatic rings. The van der Waals surface area contributed by atoms with E-state index in [1.54, 1.807) is 6.07 Å². The summed E-state index contributed by atoms with van der Waals surface area (Å²) in [5.74, 6) is 0.416. The number of rotatable bonds is 2. The summed E-state index contributed by atoms with van der Waals surface area (Å²) >= 11 is 14.3. The van der Waals surface area contributed by atoms with Crippen molar-refractivity contribution in [2.75, 3.05) is 5.32 Å². The number of aromatic nitrogens is 1. The lowest BCUT2D eigenvalue weighted by Gasteiger charge is -2.09. The molecule has 1 aromatic heterocycles. The van der Waals surface area contributed by atoms with Crippen molar-refractivity contribution in [1.82, 2.24) is 4.98 Å². The fourth-order valence-electron chi connectivity index (χ4n) is 1.34. The molecule has 0 aliphatic heterocycles. The lowest BCUT2D eigenvalue weighted by molar-refractivity contribution is 1.29. The third-order valence-electron chi connectivity index (χ3n) is 2.19. The van der Waals surface area contributed by atoms with Gasteiger partial charge >= 0.3 is 0 Å². The van der Waals surface area contributed by atoms with E-state index in [0.717, 1.165) is 3.57 Å². The van der Waals surface area contributed by atoms with Crippen LogP contribution < -0.4 is 5.32 Å². The quantitative estimate of drug-likeness (QED) is 0.763. The van der Waals surface area contributed by atoms with Gasteiger partial charge in [-0.25, -0.2) is 4.98 Å². The maximum atomic E-state index is 8.88. The van der Waals surface area contributed by atoms with Crippen LogP contribution in [0.25, 0.3) is 0 Å². The fourth-order valence-corrected chi connectivity index (χ4v) is 2.44. The summed E-state index contributed by atoms with van der Waals surface area (Å²) in [6.07, 6.45) is 1.52. The van der Waals surface area contributed by atoms with Gasteiger partial charge in [0.15, 0.2) is 5.82 Å². The highest BCUT2D eigenvalue weighted by molar-refractivity contribution is 14.1. The van der Waals surface area contributed by atoms with Crippen molar-refractivity contribution in [2.45, 2.75) is 0 Å². The van der Waals surface area contributed by atoms with Crippen LogP contribution in [0.3, 0.4) is 0 Å². The Labute approximate surface area is 128 Å². The van der Waals surface area contributed by atoms with Gasteiger partial charge in [-0.3, -0.25) is 0 Å². The van der Waals surface area contributed by atoms with Gasteiger partial charge in [0.1, 0.15) is 11.1 Å². The average molecular weight is 390 g/mol. The molecule has 18 heavy (non-hydrogen) atoms. The summed E-state index contributed by atoms with van der Waals surface area (Å²) in [6.45, 7) is 0. The summed E-state index contributed by atoms with van der Waals surface area (Å²) in [5, 5.41) is 12.8. The Hall–Kier alpha value is -1.03. The van der Waals surface area contributed by atoms with Crippen LogP contribution in [0.4, 0.5) is 11.5 Å². The van der Waals surface area contributed by atoms with Crippen LogP contribution in [0.1, 0.15) is 5.56 Å². The average Bonchev–Trinajstić information content (AvgIpc) is 2.35. The Bertz CT molecular complexity index is 638. The second-order valence-electron chi connectivity index (χ2n) is 3.38. The molecule has 3 nitrogen and oxygen atoms in total. The Kier molecular flexibility index (Phi) is 4.27. The second-order valence-corrected chi connectivity index (χ2v) is 5.41. The minimum atomic E-state index is 0.287. The van der Waals surface area contributed by atoms with E-state index in [1.807, 2.05) is 24.3 Å². The molecule has 6 heteroatoms. The summed E-state index contributed by atoms with van der Waals surface area (Å²) in [7, 11) is 0. The molecule has 0 amide bonds. The maximum absolute atomic E-state index is 8.88. The first-order valence-electron chi connectivity index (χ1n) is 4.88. The summed E-state index contributed by atoms with van der Waals surface area (Å²) in [6, 6.07) is 9.13. The van der Waals surface area contributed by atoms with Gasteiger partial charge in [0.2, 0.25) is 0 Å². The highest BCUT2D eigenvalue weighted by Gasteiger charge is 2.09. The molecule has 0 saturated heterocycles. The molecule has 1 N–H and O–H groups in total. The fraction of sp³-hybridized carbons (Fsp3) is 0. The lowest BCUT2D eigenvalue weighted by Crippen LogP contribution is -1.96. The van der Waals surface area contributed by atoms with Crippen LogP contribution in [0, 0.1) is 14.9 Å². The van der Waals surface area contributed by atoms with Crippen LogP contribution in [0.5, 0.6) is 0 Å². The first-order chi connectivity index (χ1) is 8.61. The van der Waals surface area contributed by atoms with Crippen molar-refractivity contribution in [1.29, 1.82) is 5.26 Å². The van der Waals surface area contributed by atoms with Crippen molar-refractivity contribution in [3.63, 3.8) is 0 Å². The number of nitrogens with zero attached hydrogens (tertiary/aromatic N) is 2. The number of pyridine rings is 1. The molecule has 0 aliphatic carbocycles. The molecule has 0 fully saturated rings. The smallest absolute Gasteiger partial charge is 0.150 e. The van der Waals surface area contributed by atoms with E-state index < -0.39 is 0 Å². The molecule has 0 radical (unpaired) electrons. The Morgan fingerprint density at radius 3 is 2.72 bits per heavy atom. The molecule has 0 spiro atoms. The van der Waals surface area contributed by atoms with Gasteiger partial charge in [-0.15, -0.1) is 0 Å². The van der Waals surface area contributed by atoms with Crippen LogP contribution >= 0.6 is 45.8 Å². The highest BCUT2D eigenvalue weighted by Crippen LogP contribution is 2.30. The van der Waals surface area contributed by atoms with E-state index in [0.29, 0.717) is 22.1 Å². The van der Waals surface area contributed by atoms with Gasteiger partial charge in [0, 0.05) is 9.77 Å². The number of benzene rings is 1. The maximum Gasteiger partial charge on any atom is 0.150 e. The standard InChI is InChI=1S/C12H6Cl2IN3/c13-9-5-8(15)1-2-10(9)18-12-11(14)7(6-16)3-4-17-12/h1-5H,(H,17,18). The van der Waals surface area contributed by atoms with E-state index in [9.17, 15) is 0 Å². The van der Waals surface area contributed by atoms with E-state index in [2.05, 4.69) is 32.9 Å². The third-order valence-corrected chi connectivity index (χ3v) is 3.56. The van der Waals surface area contributed by atoms with Crippen molar-refractivity contribution in [2.24, 2.45) is 0 Å². The predicted octanol–water partition coefficient (Wildman–Crippen LogP) is 4.61. The van der Waals surface area contributed by atoms with E-state index in [-0.39, 0.29) is 5.02 Å². The largest absolute Gasteiger partial charge is 0.338 e. The molecule has 0 unspecified atom stereocenters. The number of hydrogen-bond acceptors (Lipinski definition) is 3. The van der Waals surface area contributed by atoms with Gasteiger partial charge in [0.25, 0.3) is 0 Å². The zero-order valence-corrected chi connectivity index (χ0v) is 12.6. The zero-order valence-electron chi connectivity index (χ0n) is 8.92. The van der Waals surface area contributed by atoms with Gasteiger partial charge in [-0.1, -0.05) is 23.2 Å². The number of halogens is 3. The van der Waals surface area contributed by atoms with Crippen LogP contribution in [0.15, 0.2) is 30.5 Å². The molecule has 90 valence electrons. The highest BCUT2D eigenvalue weighted by atomic mass is 127. The van der Waals surface area contributed by atoms with Gasteiger partial charge in [-0.05, 0) is 46.9 Å². The van der Waals surface area contributed by atoms with E-state index >= 15 is 0 Å². The second kappa shape index (κ2) is 5.74. The van der Waals surface area contributed by atoms with Crippen LogP contribution in [-0.4, -0.2) is 4.98 Å². The first kappa shape index (κ1) is 13.4. The van der Waals surface area contributed by atoms with Gasteiger partial charge in [0.05, 0.1) is 16.3 Å². The normalized spacial score (nSPS) is 9.89. The number of anilines is 2. The Morgan fingerprint density at radius 2 is 2.06 bits per heavy atom. The zero-order chi connectivity index (χ0) is 13.1. The predicted molar refractivity (Wildman–Crippen MR) is 81.4 cm³/mol. The van der Waals surface area contributed by atoms with Crippen molar-refractivity contribution in [3.8, 4) is 6.07 Å². The van der Waals surface area contributed by atoms with Crippen LogP contribution in [0.2, 0.25) is 10.0 Å². The molecular formula is C12H6Cl2IN3. The van der Waals surface area contributed by atoms with Gasteiger partial charge in [-0.2, -0.15) is 5.26 Å². The monoisotopic (exact) mass is 389 g/mol. The molecule has 2 aromatic rings. The van der Waals surface area contributed by atoms with E-state index in [1.165, 1.54) is 6.20 Å². The third kappa shape index (κ3) is 2.86. The summed E-state index contributed by atoms with van der Waals surface area (Å²) < 4.78 is 1.04. The minimum absolute atomic E-state index is 0.287. The molecule has 2 rings (SSSR count). The number of hydrogen-bond donors (Lipinski definition) is 1. The Balaban J connectivity index is 2.38. The van der Waals surface area contributed by atoms with Crippen molar-refractivity contribution in [3.05, 3.63) is 49.6 Å². The van der Waals surface area contributed by atoms with Crippen molar-refractivity contribution >= 4 is 57.3 Å². The first-order valence-corrected chi connectivity index (χ1v) is 6.72. The summed E-state index contributed by atoms with van der Waals surface area (Å²) in [5.41, 5.74) is 1.07. The molecule has 0 saturated carbocycles. The number of nitriles is 1. The number of nitrogens with one attached hydrogen (secondary N) is 1. The van der Waals surface area contributed by atoms with Crippen molar-refractivity contribution < 1.29 is 0 Å². The van der Waals surface area contributed by atoms with Crippen LogP contribution in [-0.2, 0) is 0 Å². The molecular weight excluding hydrogens is 384 g/mol. The van der Waals surface area contributed by atoms with Gasteiger partial charge < -0.3 is 5.32 Å². The molecule has 0 atom stereocenters. The Morgan fingerprint density at radius 1 is 1.28 bits per heavy atom. The topological polar surface area (TPSA) is 48.7 Å². The molecule has 1 heterocycles. The lowest BCUT2D eigenvalue weighted by atomic mass is 10.2. The summed E-state index contributed by atoms with van der Waals surface area (Å²) in [4.78, 5) is 4.09. The molecule has 0 bridgehead atoms. The minimum Gasteiger partial charge on any atom is -0.338 e. The SMILES string of the molecule is N#Cc1ccnc(Nc2ccc(I)cc2Cl)c1Cl. The van der Waals surface area contributed by atoms with E-state index in [4.69, 9.17) is 28.5 Å².